The molecule has 0 bridgehead atoms. The average molecular weight is 240 g/mol. The zero-order valence-electron chi connectivity index (χ0n) is 10.8. The first kappa shape index (κ1) is 12.9. The molecule has 3 nitrogen and oxygen atoms in total. The molecule has 2 rings (SSSR count). The zero-order chi connectivity index (χ0) is 12.1. The van der Waals surface area contributed by atoms with Crippen molar-refractivity contribution in [3.63, 3.8) is 0 Å². The van der Waals surface area contributed by atoms with Crippen LogP contribution in [0.3, 0.4) is 0 Å². The van der Waals surface area contributed by atoms with Gasteiger partial charge in [0.25, 0.3) is 0 Å². The number of fused-ring (bicyclic) bond motifs is 1. The van der Waals surface area contributed by atoms with Gasteiger partial charge in [0, 0.05) is 12.5 Å². The van der Waals surface area contributed by atoms with Crippen molar-refractivity contribution in [3.05, 3.63) is 0 Å². The molecule has 0 aliphatic carbocycles. The molecule has 0 N–H and O–H groups in total. The molecule has 2 aliphatic rings. The second-order valence-electron chi connectivity index (χ2n) is 5.28. The Balaban J connectivity index is 1.61. The Morgan fingerprint density at radius 2 is 1.94 bits per heavy atom. The highest BCUT2D eigenvalue weighted by atomic mass is 16.6. The maximum absolute atomic E-state index is 11.5. The minimum atomic E-state index is -0.236. The van der Waals surface area contributed by atoms with Gasteiger partial charge in [-0.25, -0.2) is 4.79 Å². The van der Waals surface area contributed by atoms with Crippen molar-refractivity contribution in [1.29, 1.82) is 0 Å². The fraction of sp³-hybridized carbons (Fsp3) is 0.929. The van der Waals surface area contributed by atoms with Crippen LogP contribution in [0.15, 0.2) is 0 Å². The van der Waals surface area contributed by atoms with E-state index in [9.17, 15) is 4.79 Å². The van der Waals surface area contributed by atoms with Gasteiger partial charge in [-0.2, -0.15) is 0 Å². The summed E-state index contributed by atoms with van der Waals surface area (Å²) in [5.41, 5.74) is 0. The Kier molecular flexibility index (Phi) is 4.84. The molecule has 2 saturated heterocycles. The van der Waals surface area contributed by atoms with Crippen LogP contribution >= 0.6 is 0 Å². The highest BCUT2D eigenvalue weighted by molar-refractivity contribution is 5.77. The molecule has 0 aromatic rings. The monoisotopic (exact) mass is 240 g/mol. The highest BCUT2D eigenvalue weighted by Crippen LogP contribution is 2.35. The van der Waals surface area contributed by atoms with E-state index in [2.05, 4.69) is 6.92 Å². The van der Waals surface area contributed by atoms with Gasteiger partial charge in [-0.3, -0.25) is 0 Å². The van der Waals surface area contributed by atoms with Gasteiger partial charge in [0.05, 0.1) is 0 Å². The molecule has 0 aromatic heterocycles. The van der Waals surface area contributed by atoms with Crippen LogP contribution in [0.5, 0.6) is 0 Å². The molecule has 2 heterocycles. The largest absolute Gasteiger partial charge is 0.460 e. The lowest BCUT2D eigenvalue weighted by atomic mass is 9.93. The number of carbonyl (C=O) groups is 1. The van der Waals surface area contributed by atoms with Gasteiger partial charge in [0.2, 0.25) is 0 Å². The summed E-state index contributed by atoms with van der Waals surface area (Å²) in [5, 5.41) is 0. The molecule has 2 aliphatic heterocycles. The molecule has 0 radical (unpaired) electrons. The quantitative estimate of drug-likeness (QED) is 0.507. The Hall–Kier alpha value is -0.570. The van der Waals surface area contributed by atoms with Crippen molar-refractivity contribution in [2.75, 3.05) is 6.61 Å². The summed E-state index contributed by atoms with van der Waals surface area (Å²) in [6, 6.07) is 0. The molecule has 98 valence electrons. The SMILES string of the molecule is CCCCCCCC[C@@H]1OC(=O)[C@@H]2OCC[C@H]12. The van der Waals surface area contributed by atoms with Gasteiger partial charge in [-0.15, -0.1) is 0 Å². The van der Waals surface area contributed by atoms with E-state index in [0.29, 0.717) is 5.92 Å². The maximum Gasteiger partial charge on any atom is 0.335 e. The van der Waals surface area contributed by atoms with Crippen LogP contribution in [-0.4, -0.2) is 24.8 Å². The predicted molar refractivity (Wildman–Crippen MR) is 65.7 cm³/mol. The molecule has 3 atom stereocenters. The lowest BCUT2D eigenvalue weighted by Gasteiger charge is -2.14. The van der Waals surface area contributed by atoms with Gasteiger partial charge in [0.1, 0.15) is 6.10 Å². The number of esters is 1. The van der Waals surface area contributed by atoms with E-state index in [1.807, 2.05) is 0 Å². The van der Waals surface area contributed by atoms with Crippen molar-refractivity contribution in [2.24, 2.45) is 5.92 Å². The molecular formula is C14H24O3. The van der Waals surface area contributed by atoms with E-state index in [0.717, 1.165) is 19.4 Å². The first-order valence-electron chi connectivity index (χ1n) is 7.15. The van der Waals surface area contributed by atoms with Gasteiger partial charge in [0.15, 0.2) is 6.10 Å². The van der Waals surface area contributed by atoms with Crippen molar-refractivity contribution in [2.45, 2.75) is 70.5 Å². The summed E-state index contributed by atoms with van der Waals surface area (Å²) in [6.07, 6.45) is 9.69. The number of unbranched alkanes of at least 4 members (excludes halogenated alkanes) is 5. The summed E-state index contributed by atoms with van der Waals surface area (Å²) < 4.78 is 10.8. The molecule has 0 spiro atoms. The number of hydrogen-bond donors (Lipinski definition) is 0. The van der Waals surface area contributed by atoms with Crippen LogP contribution in [0.4, 0.5) is 0 Å². The first-order valence-corrected chi connectivity index (χ1v) is 7.15. The van der Waals surface area contributed by atoms with E-state index in [4.69, 9.17) is 9.47 Å². The Morgan fingerprint density at radius 3 is 2.76 bits per heavy atom. The summed E-state index contributed by atoms with van der Waals surface area (Å²) in [4.78, 5) is 11.5. The molecule has 0 saturated carbocycles. The normalized spacial score (nSPS) is 31.6. The number of rotatable bonds is 7. The smallest absolute Gasteiger partial charge is 0.335 e. The standard InChI is InChI=1S/C14H24O3/c1-2-3-4-5-6-7-8-12-11-9-10-16-13(11)14(15)17-12/h11-13H,2-10H2,1H3/t11-,12+,13-/m1/s1. The van der Waals surface area contributed by atoms with E-state index < -0.39 is 0 Å². The number of carbonyl (C=O) groups excluding carboxylic acids is 1. The molecule has 2 fully saturated rings. The van der Waals surface area contributed by atoms with E-state index >= 15 is 0 Å². The van der Waals surface area contributed by atoms with Crippen molar-refractivity contribution in [1.82, 2.24) is 0 Å². The van der Waals surface area contributed by atoms with Gasteiger partial charge in [-0.05, 0) is 19.3 Å². The van der Waals surface area contributed by atoms with Crippen molar-refractivity contribution >= 4 is 5.97 Å². The van der Waals surface area contributed by atoms with E-state index in [1.54, 1.807) is 0 Å². The molecule has 0 unspecified atom stereocenters. The minimum Gasteiger partial charge on any atom is -0.460 e. The van der Waals surface area contributed by atoms with Crippen LogP contribution in [0.1, 0.15) is 58.3 Å². The second-order valence-corrected chi connectivity index (χ2v) is 5.28. The van der Waals surface area contributed by atoms with Crippen LogP contribution in [-0.2, 0) is 14.3 Å². The van der Waals surface area contributed by atoms with E-state index in [1.165, 1.54) is 38.5 Å². The fourth-order valence-electron chi connectivity index (χ4n) is 2.93. The van der Waals surface area contributed by atoms with Crippen LogP contribution < -0.4 is 0 Å². The second kappa shape index (κ2) is 6.39. The molecule has 17 heavy (non-hydrogen) atoms. The predicted octanol–water partition coefficient (Wildman–Crippen LogP) is 3.07. The van der Waals surface area contributed by atoms with Crippen molar-refractivity contribution < 1.29 is 14.3 Å². The highest BCUT2D eigenvalue weighted by Gasteiger charge is 2.47. The number of cyclic esters (lactones) is 1. The Morgan fingerprint density at radius 1 is 1.18 bits per heavy atom. The summed E-state index contributed by atoms with van der Waals surface area (Å²) >= 11 is 0. The van der Waals surface area contributed by atoms with Gasteiger partial charge in [-0.1, -0.05) is 39.0 Å². The topological polar surface area (TPSA) is 35.5 Å². The van der Waals surface area contributed by atoms with Crippen LogP contribution in [0.25, 0.3) is 0 Å². The summed E-state index contributed by atoms with van der Waals surface area (Å²) in [6.45, 7) is 2.97. The molecule has 3 heteroatoms. The first-order chi connectivity index (χ1) is 8.33. The molecular weight excluding hydrogens is 216 g/mol. The van der Waals surface area contributed by atoms with Crippen LogP contribution in [0, 0.1) is 5.92 Å². The number of hydrogen-bond acceptors (Lipinski definition) is 3. The Bertz CT molecular complexity index is 252. The molecule has 0 aromatic carbocycles. The minimum absolute atomic E-state index is 0.122. The molecule has 0 amide bonds. The van der Waals surface area contributed by atoms with Gasteiger partial charge < -0.3 is 9.47 Å². The maximum atomic E-state index is 11.5. The Labute approximate surface area is 104 Å². The fourth-order valence-corrected chi connectivity index (χ4v) is 2.93. The van der Waals surface area contributed by atoms with Gasteiger partial charge >= 0.3 is 5.97 Å². The van der Waals surface area contributed by atoms with E-state index in [-0.39, 0.29) is 18.2 Å². The zero-order valence-corrected chi connectivity index (χ0v) is 10.8. The summed E-state index contributed by atoms with van der Waals surface area (Å²) in [5.74, 6) is 0.224. The average Bonchev–Trinajstić information content (AvgIpc) is 2.89. The lowest BCUT2D eigenvalue weighted by Crippen LogP contribution is -2.20. The lowest BCUT2D eigenvalue weighted by molar-refractivity contribution is -0.149. The summed E-state index contributed by atoms with van der Waals surface area (Å²) in [7, 11) is 0. The van der Waals surface area contributed by atoms with Crippen molar-refractivity contribution in [3.8, 4) is 0 Å². The third-order valence-corrected chi connectivity index (χ3v) is 3.96. The third kappa shape index (κ3) is 3.21. The van der Waals surface area contributed by atoms with Crippen LogP contribution in [0.2, 0.25) is 0 Å². The number of ether oxygens (including phenoxy) is 2. The third-order valence-electron chi connectivity index (χ3n) is 3.96.